The summed E-state index contributed by atoms with van der Waals surface area (Å²) in [5.41, 5.74) is 3.82. The Balaban J connectivity index is 1.73. The number of ether oxygens (including phenoxy) is 2. The van der Waals surface area contributed by atoms with Crippen LogP contribution in [0.1, 0.15) is 30.5 Å². The molecule has 8 heteroatoms. The van der Waals surface area contributed by atoms with E-state index in [1.165, 1.54) is 19.7 Å². The Bertz CT molecular complexity index is 1130. The van der Waals surface area contributed by atoms with Gasteiger partial charge in [-0.05, 0) is 67.3 Å². The number of hydrogen-bond donors (Lipinski definition) is 0. The molecule has 4 amide bonds. The maximum Gasteiger partial charge on any atom is 0.333 e. The molecule has 1 heterocycles. The van der Waals surface area contributed by atoms with Crippen molar-refractivity contribution in [3.63, 3.8) is 0 Å². The third-order valence-corrected chi connectivity index (χ3v) is 6.20. The first-order valence-corrected chi connectivity index (χ1v) is 11.7. The second kappa shape index (κ2) is 11.1. The second-order valence-electron chi connectivity index (χ2n) is 8.38. The van der Waals surface area contributed by atoms with E-state index in [9.17, 15) is 14.4 Å². The monoisotopic (exact) mass is 479 g/mol. The van der Waals surface area contributed by atoms with Gasteiger partial charge in [-0.1, -0.05) is 19.1 Å². The Morgan fingerprint density at radius 3 is 2.20 bits per heavy atom. The van der Waals surface area contributed by atoms with E-state index in [1.54, 1.807) is 13.2 Å². The van der Waals surface area contributed by atoms with Crippen molar-refractivity contribution < 1.29 is 23.9 Å². The largest absolute Gasteiger partial charge is 0.493 e. The van der Waals surface area contributed by atoms with E-state index in [2.05, 4.69) is 18.7 Å². The number of likely N-dealkylation sites (N-methyl/N-ethyl adjacent to an activating group) is 3. The number of imide groups is 2. The van der Waals surface area contributed by atoms with E-state index in [0.717, 1.165) is 45.3 Å². The fraction of sp³-hybridized carbons (Fsp3) is 0.370. The quantitative estimate of drug-likeness (QED) is 0.401. The van der Waals surface area contributed by atoms with Crippen LogP contribution < -0.4 is 14.4 Å². The van der Waals surface area contributed by atoms with Gasteiger partial charge in [0.2, 0.25) is 0 Å². The molecule has 1 saturated heterocycles. The highest BCUT2D eigenvalue weighted by Crippen LogP contribution is 2.29. The molecule has 2 aromatic rings. The van der Waals surface area contributed by atoms with Crippen molar-refractivity contribution in [1.82, 2.24) is 9.80 Å². The molecule has 186 valence electrons. The lowest BCUT2D eigenvalue weighted by Gasteiger charge is -2.29. The standard InChI is InChI=1S/C27H33N3O5/c1-7-19-9-12-23(24(16-19)34-6)35-14-13-30(8-2)21-11-10-20(18(3)15-21)17-22-25(31)28(4)27(33)29(5)26(22)32/h9-12,15-17H,7-8,13-14H2,1-6H3. The molecule has 0 aliphatic carbocycles. The lowest BCUT2D eigenvalue weighted by atomic mass is 10.0. The van der Waals surface area contributed by atoms with Crippen LogP contribution in [0.15, 0.2) is 42.0 Å². The predicted octanol–water partition coefficient (Wildman–Crippen LogP) is 3.91. The lowest BCUT2D eigenvalue weighted by molar-refractivity contribution is -0.134. The highest BCUT2D eigenvalue weighted by atomic mass is 16.5. The number of carbonyl (C=O) groups is 3. The number of carbonyl (C=O) groups excluding carboxylic acids is 3. The zero-order chi connectivity index (χ0) is 25.7. The third kappa shape index (κ3) is 5.48. The average molecular weight is 480 g/mol. The van der Waals surface area contributed by atoms with Crippen LogP contribution in [-0.2, 0) is 16.0 Å². The number of rotatable bonds is 9. The molecule has 0 N–H and O–H groups in total. The second-order valence-corrected chi connectivity index (χ2v) is 8.38. The summed E-state index contributed by atoms with van der Waals surface area (Å²) >= 11 is 0. The molecule has 0 saturated carbocycles. The van der Waals surface area contributed by atoms with Crippen molar-refractivity contribution in [3.05, 3.63) is 58.7 Å². The minimum atomic E-state index is -0.635. The summed E-state index contributed by atoms with van der Waals surface area (Å²) in [6.07, 6.45) is 2.48. The Morgan fingerprint density at radius 1 is 0.943 bits per heavy atom. The van der Waals surface area contributed by atoms with Gasteiger partial charge < -0.3 is 14.4 Å². The number of barbiturate groups is 1. The van der Waals surface area contributed by atoms with Crippen LogP contribution in [0.3, 0.4) is 0 Å². The van der Waals surface area contributed by atoms with Gasteiger partial charge in [0.15, 0.2) is 11.5 Å². The number of aryl methyl sites for hydroxylation is 2. The molecule has 2 aromatic carbocycles. The molecule has 0 unspecified atom stereocenters. The van der Waals surface area contributed by atoms with Crippen molar-refractivity contribution in [2.45, 2.75) is 27.2 Å². The average Bonchev–Trinajstić information content (AvgIpc) is 2.87. The number of benzene rings is 2. The molecule has 0 atom stereocenters. The fourth-order valence-electron chi connectivity index (χ4n) is 3.94. The van der Waals surface area contributed by atoms with Crippen LogP contribution in [-0.4, -0.2) is 68.5 Å². The minimum Gasteiger partial charge on any atom is -0.493 e. The Labute approximate surface area is 206 Å². The molecule has 1 fully saturated rings. The summed E-state index contributed by atoms with van der Waals surface area (Å²) in [4.78, 5) is 41.1. The molecule has 0 bridgehead atoms. The van der Waals surface area contributed by atoms with Crippen molar-refractivity contribution in [1.29, 1.82) is 0 Å². The number of anilines is 1. The molecule has 0 spiro atoms. The molecule has 8 nitrogen and oxygen atoms in total. The first kappa shape index (κ1) is 25.8. The lowest BCUT2D eigenvalue weighted by Crippen LogP contribution is -2.52. The summed E-state index contributed by atoms with van der Waals surface area (Å²) in [5.74, 6) is 0.243. The van der Waals surface area contributed by atoms with Gasteiger partial charge >= 0.3 is 6.03 Å². The van der Waals surface area contributed by atoms with Gasteiger partial charge in [-0.25, -0.2) is 4.79 Å². The summed E-state index contributed by atoms with van der Waals surface area (Å²) in [6.45, 7) is 8.03. The van der Waals surface area contributed by atoms with Crippen LogP contribution in [0, 0.1) is 6.92 Å². The first-order chi connectivity index (χ1) is 16.7. The minimum absolute atomic E-state index is 0.0331. The molecular formula is C27H33N3O5. The predicted molar refractivity (Wildman–Crippen MR) is 136 cm³/mol. The molecular weight excluding hydrogens is 446 g/mol. The van der Waals surface area contributed by atoms with Crippen LogP contribution >= 0.6 is 0 Å². The van der Waals surface area contributed by atoms with E-state index in [4.69, 9.17) is 9.47 Å². The Kier molecular flexibility index (Phi) is 8.17. The topological polar surface area (TPSA) is 79.4 Å². The SMILES string of the molecule is CCc1ccc(OCCN(CC)c2ccc(C=C3C(=O)N(C)C(=O)N(C)C3=O)c(C)c2)c(OC)c1. The summed E-state index contributed by atoms with van der Waals surface area (Å²) in [7, 11) is 4.38. The number of urea groups is 1. The molecule has 1 aliphatic rings. The zero-order valence-electron chi connectivity index (χ0n) is 21.3. The van der Waals surface area contributed by atoms with Gasteiger partial charge in [0.05, 0.1) is 13.7 Å². The Hall–Kier alpha value is -3.81. The highest BCUT2D eigenvalue weighted by molar-refractivity contribution is 6.30. The highest BCUT2D eigenvalue weighted by Gasteiger charge is 2.37. The van der Waals surface area contributed by atoms with E-state index in [-0.39, 0.29) is 5.57 Å². The molecule has 3 rings (SSSR count). The zero-order valence-corrected chi connectivity index (χ0v) is 21.3. The number of nitrogens with zero attached hydrogens (tertiary/aromatic N) is 3. The maximum atomic E-state index is 12.5. The van der Waals surface area contributed by atoms with Gasteiger partial charge in [-0.3, -0.25) is 19.4 Å². The van der Waals surface area contributed by atoms with Crippen LogP contribution in [0.4, 0.5) is 10.5 Å². The van der Waals surface area contributed by atoms with Gasteiger partial charge in [-0.2, -0.15) is 0 Å². The van der Waals surface area contributed by atoms with Gasteiger partial charge in [0.1, 0.15) is 12.2 Å². The van der Waals surface area contributed by atoms with E-state index in [0.29, 0.717) is 18.9 Å². The van der Waals surface area contributed by atoms with E-state index >= 15 is 0 Å². The smallest absolute Gasteiger partial charge is 0.333 e. The number of methoxy groups -OCH3 is 1. The van der Waals surface area contributed by atoms with Crippen molar-refractivity contribution in [2.75, 3.05) is 45.8 Å². The summed E-state index contributed by atoms with van der Waals surface area (Å²) in [6, 6.07) is 11.2. The first-order valence-electron chi connectivity index (χ1n) is 11.7. The molecule has 1 aliphatic heterocycles. The van der Waals surface area contributed by atoms with Gasteiger partial charge in [0, 0.05) is 26.3 Å². The van der Waals surface area contributed by atoms with Crippen molar-refractivity contribution in [3.8, 4) is 11.5 Å². The molecule has 0 aromatic heterocycles. The third-order valence-electron chi connectivity index (χ3n) is 6.20. The van der Waals surface area contributed by atoms with Crippen molar-refractivity contribution in [2.24, 2.45) is 0 Å². The van der Waals surface area contributed by atoms with E-state index < -0.39 is 17.8 Å². The summed E-state index contributed by atoms with van der Waals surface area (Å²) in [5, 5.41) is 0. The van der Waals surface area contributed by atoms with Crippen LogP contribution in [0.5, 0.6) is 11.5 Å². The van der Waals surface area contributed by atoms with Crippen LogP contribution in [0.2, 0.25) is 0 Å². The fourth-order valence-corrected chi connectivity index (χ4v) is 3.94. The normalized spacial score (nSPS) is 13.9. The number of amides is 4. The van der Waals surface area contributed by atoms with Gasteiger partial charge in [-0.15, -0.1) is 0 Å². The molecule has 0 radical (unpaired) electrons. The maximum absolute atomic E-state index is 12.5. The molecule has 35 heavy (non-hydrogen) atoms. The van der Waals surface area contributed by atoms with Crippen molar-refractivity contribution >= 4 is 29.6 Å². The van der Waals surface area contributed by atoms with Gasteiger partial charge in [0.25, 0.3) is 11.8 Å². The Morgan fingerprint density at radius 2 is 1.63 bits per heavy atom. The van der Waals surface area contributed by atoms with Crippen LogP contribution in [0.25, 0.3) is 6.08 Å². The summed E-state index contributed by atoms with van der Waals surface area (Å²) < 4.78 is 11.5. The number of hydrogen-bond acceptors (Lipinski definition) is 6. The van der Waals surface area contributed by atoms with E-state index in [1.807, 2.05) is 43.3 Å².